The molecule has 1 fully saturated rings. The molecule has 1 aliphatic rings. The van der Waals surface area contributed by atoms with E-state index in [2.05, 4.69) is 19.2 Å². The predicted molar refractivity (Wildman–Crippen MR) is 108 cm³/mol. The van der Waals surface area contributed by atoms with Crippen LogP contribution in [0.25, 0.3) is 0 Å². The molecule has 1 heterocycles. The molecule has 2 aromatic rings. The van der Waals surface area contributed by atoms with Crippen molar-refractivity contribution in [2.75, 3.05) is 0 Å². The molecule has 0 aromatic heterocycles. The van der Waals surface area contributed by atoms with Gasteiger partial charge >= 0.3 is 6.18 Å². The van der Waals surface area contributed by atoms with Crippen LogP contribution in [0.15, 0.2) is 54.6 Å². The number of carbonyl (C=O) groups excluding carboxylic acids is 2. The second-order valence-corrected chi connectivity index (χ2v) is 7.91. The lowest BCUT2D eigenvalue weighted by Gasteiger charge is -2.31. The molecule has 2 N–H and O–H groups in total. The molecule has 0 spiro atoms. The normalized spacial score (nSPS) is 20.5. The van der Waals surface area contributed by atoms with Crippen molar-refractivity contribution >= 4 is 11.8 Å². The van der Waals surface area contributed by atoms with Crippen LogP contribution in [-0.2, 0) is 9.59 Å². The Labute approximate surface area is 173 Å². The summed E-state index contributed by atoms with van der Waals surface area (Å²) in [6.45, 7) is 4.17. The van der Waals surface area contributed by atoms with E-state index in [0.29, 0.717) is 5.92 Å². The first-order chi connectivity index (χ1) is 14.2. The Kier molecular flexibility index (Phi) is 6.48. The highest BCUT2D eigenvalue weighted by molar-refractivity contribution is 6.01. The maximum absolute atomic E-state index is 12.9. The molecule has 30 heavy (non-hydrogen) atoms. The van der Waals surface area contributed by atoms with E-state index in [-0.39, 0.29) is 12.8 Å². The Bertz CT molecular complexity index is 880. The van der Waals surface area contributed by atoms with Gasteiger partial charge in [-0.05, 0) is 35.4 Å². The number of nitrogens with one attached hydrogen (secondary N) is 2. The minimum Gasteiger partial charge on any atom is -0.344 e. The first-order valence-electron chi connectivity index (χ1n) is 9.99. The van der Waals surface area contributed by atoms with Crippen LogP contribution >= 0.6 is 0 Å². The van der Waals surface area contributed by atoms with Gasteiger partial charge in [-0.2, -0.15) is 13.2 Å². The average molecular weight is 418 g/mol. The van der Waals surface area contributed by atoms with Gasteiger partial charge in [0.15, 0.2) is 0 Å². The van der Waals surface area contributed by atoms with Gasteiger partial charge in [0.2, 0.25) is 11.8 Å². The average Bonchev–Trinajstić information content (AvgIpc) is 2.72. The number of rotatable bonds is 5. The third-order valence-corrected chi connectivity index (χ3v) is 5.44. The van der Waals surface area contributed by atoms with Gasteiger partial charge in [0.25, 0.3) is 0 Å². The van der Waals surface area contributed by atoms with Crippen LogP contribution in [0.3, 0.4) is 0 Å². The molecule has 0 bridgehead atoms. The molecule has 0 saturated carbocycles. The van der Waals surface area contributed by atoms with E-state index in [4.69, 9.17) is 0 Å². The number of benzene rings is 2. The highest BCUT2D eigenvalue weighted by Gasteiger charge is 2.46. The van der Waals surface area contributed by atoms with Gasteiger partial charge in [0, 0.05) is 0 Å². The van der Waals surface area contributed by atoms with Crippen LogP contribution in [0, 0.1) is 5.92 Å². The summed E-state index contributed by atoms with van der Waals surface area (Å²) >= 11 is 0. The fourth-order valence-corrected chi connectivity index (χ4v) is 3.63. The molecule has 4 nitrogen and oxygen atoms in total. The number of alkyl halides is 3. The summed E-state index contributed by atoms with van der Waals surface area (Å²) in [5.41, 5.74) is 2.82. The molecular weight excluding hydrogens is 393 g/mol. The second-order valence-electron chi connectivity index (χ2n) is 7.91. The van der Waals surface area contributed by atoms with Crippen molar-refractivity contribution in [3.8, 4) is 0 Å². The SMILES string of the molecule is CC(C)c1ccc(C(NC(=O)C2CCC(C(F)(F)F)NC2=O)c2ccccc2)cc1. The zero-order valence-corrected chi connectivity index (χ0v) is 16.9. The monoisotopic (exact) mass is 418 g/mol. The second kappa shape index (κ2) is 8.90. The van der Waals surface area contributed by atoms with Crippen LogP contribution in [0.4, 0.5) is 13.2 Å². The van der Waals surface area contributed by atoms with Gasteiger partial charge in [-0.25, -0.2) is 0 Å². The predicted octanol–water partition coefficient (Wildman–Crippen LogP) is 4.47. The Hall–Kier alpha value is -2.83. The maximum atomic E-state index is 12.9. The number of hydrogen-bond donors (Lipinski definition) is 2. The summed E-state index contributed by atoms with van der Waals surface area (Å²) in [6, 6.07) is 14.7. The van der Waals surface area contributed by atoms with E-state index in [9.17, 15) is 22.8 Å². The molecule has 0 aliphatic carbocycles. The van der Waals surface area contributed by atoms with E-state index in [1.807, 2.05) is 59.9 Å². The Balaban J connectivity index is 1.80. The Morgan fingerprint density at radius 3 is 2.07 bits per heavy atom. The molecular formula is C23H25F3N2O2. The van der Waals surface area contributed by atoms with Gasteiger partial charge in [0.05, 0.1) is 6.04 Å². The molecule has 3 atom stereocenters. The molecule has 7 heteroatoms. The summed E-state index contributed by atoms with van der Waals surface area (Å²) in [7, 11) is 0. The van der Waals surface area contributed by atoms with Crippen LogP contribution in [-0.4, -0.2) is 24.0 Å². The van der Waals surface area contributed by atoms with Crippen molar-refractivity contribution in [2.45, 2.75) is 50.9 Å². The third kappa shape index (κ3) is 5.01. The summed E-state index contributed by atoms with van der Waals surface area (Å²) < 4.78 is 38.6. The van der Waals surface area contributed by atoms with Gasteiger partial charge in [-0.1, -0.05) is 68.4 Å². The van der Waals surface area contributed by atoms with Crippen molar-refractivity contribution in [1.29, 1.82) is 0 Å². The lowest BCUT2D eigenvalue weighted by Crippen LogP contribution is -2.54. The van der Waals surface area contributed by atoms with E-state index < -0.39 is 36.0 Å². The molecule has 3 rings (SSSR count). The lowest BCUT2D eigenvalue weighted by molar-refractivity contribution is -0.171. The number of halogens is 3. The summed E-state index contributed by atoms with van der Waals surface area (Å²) in [5, 5.41) is 4.81. The summed E-state index contributed by atoms with van der Waals surface area (Å²) in [5.74, 6) is -2.25. The molecule has 0 radical (unpaired) electrons. The van der Waals surface area contributed by atoms with Crippen molar-refractivity contribution < 1.29 is 22.8 Å². The molecule has 2 aromatic carbocycles. The smallest absolute Gasteiger partial charge is 0.344 e. The highest BCUT2D eigenvalue weighted by atomic mass is 19.4. The zero-order valence-electron chi connectivity index (χ0n) is 16.9. The van der Waals surface area contributed by atoms with E-state index >= 15 is 0 Å². The van der Waals surface area contributed by atoms with Crippen LogP contribution in [0.1, 0.15) is 55.3 Å². The molecule has 1 aliphatic heterocycles. The molecule has 2 amide bonds. The lowest BCUT2D eigenvalue weighted by atomic mass is 9.91. The molecule has 160 valence electrons. The van der Waals surface area contributed by atoms with Crippen LogP contribution in [0.5, 0.6) is 0 Å². The number of carbonyl (C=O) groups is 2. The van der Waals surface area contributed by atoms with Crippen molar-refractivity contribution in [3.05, 3.63) is 71.3 Å². The topological polar surface area (TPSA) is 58.2 Å². The van der Waals surface area contributed by atoms with Crippen molar-refractivity contribution in [1.82, 2.24) is 10.6 Å². The third-order valence-electron chi connectivity index (χ3n) is 5.44. The summed E-state index contributed by atoms with van der Waals surface area (Å²) in [6.07, 6.45) is -4.97. The molecule has 3 unspecified atom stereocenters. The van der Waals surface area contributed by atoms with E-state index in [0.717, 1.165) is 16.7 Å². The fraction of sp³-hybridized carbons (Fsp3) is 0.391. The van der Waals surface area contributed by atoms with Crippen molar-refractivity contribution in [2.24, 2.45) is 5.92 Å². The zero-order chi connectivity index (χ0) is 21.9. The van der Waals surface area contributed by atoms with Gasteiger partial charge in [-0.15, -0.1) is 0 Å². The maximum Gasteiger partial charge on any atom is 0.408 e. The van der Waals surface area contributed by atoms with E-state index in [1.54, 1.807) is 0 Å². The Morgan fingerprint density at radius 2 is 1.53 bits per heavy atom. The van der Waals surface area contributed by atoms with Crippen LogP contribution < -0.4 is 10.6 Å². The first-order valence-corrected chi connectivity index (χ1v) is 9.99. The highest BCUT2D eigenvalue weighted by Crippen LogP contribution is 2.30. The number of hydrogen-bond acceptors (Lipinski definition) is 2. The first kappa shape index (κ1) is 21.9. The van der Waals surface area contributed by atoms with Crippen LogP contribution in [0.2, 0.25) is 0 Å². The van der Waals surface area contributed by atoms with Gasteiger partial charge < -0.3 is 10.6 Å². The minimum absolute atomic E-state index is 0.143. The number of amides is 2. The standard InChI is InChI=1S/C23H25F3N2O2/c1-14(2)15-8-10-17(11-9-15)20(16-6-4-3-5-7-16)28-22(30)18-12-13-19(23(24,25)26)27-21(18)29/h3-11,14,18-20H,12-13H2,1-2H3,(H,27,29)(H,28,30). The Morgan fingerprint density at radius 1 is 0.967 bits per heavy atom. The number of piperidine rings is 1. The van der Waals surface area contributed by atoms with Gasteiger partial charge in [-0.3, -0.25) is 9.59 Å². The fourth-order valence-electron chi connectivity index (χ4n) is 3.63. The van der Waals surface area contributed by atoms with Crippen molar-refractivity contribution in [3.63, 3.8) is 0 Å². The molecule has 1 saturated heterocycles. The minimum atomic E-state index is -4.51. The van der Waals surface area contributed by atoms with E-state index in [1.165, 1.54) is 0 Å². The quantitative estimate of drug-likeness (QED) is 0.704. The van der Waals surface area contributed by atoms with Gasteiger partial charge in [0.1, 0.15) is 12.0 Å². The largest absolute Gasteiger partial charge is 0.408 e. The summed E-state index contributed by atoms with van der Waals surface area (Å²) in [4.78, 5) is 25.0.